The molecule has 0 saturated carbocycles. The Labute approximate surface area is 115 Å². The van der Waals surface area contributed by atoms with Crippen molar-refractivity contribution < 1.29 is 13.6 Å². The third-order valence-electron chi connectivity index (χ3n) is 2.46. The van der Waals surface area contributed by atoms with Crippen LogP contribution in [0, 0.1) is 5.82 Å². The monoisotopic (exact) mass is 279 g/mol. The van der Waals surface area contributed by atoms with Gasteiger partial charge in [-0.15, -0.1) is 11.8 Å². The molecule has 0 unspecified atom stereocenters. The molecule has 1 N–H and O–H groups in total. The fourth-order valence-corrected chi connectivity index (χ4v) is 2.25. The number of amides is 1. The number of carbonyl (C=O) groups excluding carboxylic acids is 1. The second-order valence-electron chi connectivity index (χ2n) is 3.98. The zero-order valence-electron chi connectivity index (χ0n) is 10.3. The van der Waals surface area contributed by atoms with E-state index < -0.39 is 0 Å². The number of hydrogen-bond donors (Lipinski definition) is 1. The predicted octanol–water partition coefficient (Wildman–Crippen LogP) is 2.97. The van der Waals surface area contributed by atoms with Crippen molar-refractivity contribution >= 4 is 17.7 Å². The molecule has 0 aliphatic heterocycles. The Morgan fingerprint density at radius 2 is 2.05 bits per heavy atom. The molecular weight excluding hydrogens is 265 g/mol. The van der Waals surface area contributed by atoms with Crippen LogP contribution in [0.25, 0.3) is 0 Å². The molecule has 0 atom stereocenters. The van der Waals surface area contributed by atoms with E-state index in [1.165, 1.54) is 23.9 Å². The summed E-state index contributed by atoms with van der Waals surface area (Å²) in [6.45, 7) is 0.417. The third-order valence-corrected chi connectivity index (χ3v) is 3.42. The van der Waals surface area contributed by atoms with Crippen molar-refractivity contribution in [2.24, 2.45) is 0 Å². The third kappa shape index (κ3) is 4.79. The van der Waals surface area contributed by atoms with Crippen LogP contribution in [0.2, 0.25) is 0 Å². The van der Waals surface area contributed by atoms with Gasteiger partial charge in [0, 0.05) is 6.54 Å². The van der Waals surface area contributed by atoms with Gasteiger partial charge in [-0.1, -0.05) is 12.1 Å². The van der Waals surface area contributed by atoms with Crippen molar-refractivity contribution in [2.45, 2.75) is 12.3 Å². The second-order valence-corrected chi connectivity index (χ2v) is 4.96. The van der Waals surface area contributed by atoms with Crippen molar-refractivity contribution in [3.8, 4) is 0 Å². The van der Waals surface area contributed by atoms with Gasteiger partial charge in [-0.2, -0.15) is 0 Å². The molecule has 1 amide bonds. The molecule has 0 bridgehead atoms. The highest BCUT2D eigenvalue weighted by molar-refractivity contribution is 7.99. The maximum Gasteiger partial charge on any atom is 0.230 e. The lowest BCUT2D eigenvalue weighted by Gasteiger charge is -2.04. The predicted molar refractivity (Wildman–Crippen MR) is 73.1 cm³/mol. The summed E-state index contributed by atoms with van der Waals surface area (Å²) in [7, 11) is 0. The van der Waals surface area contributed by atoms with Crippen LogP contribution in [0.1, 0.15) is 11.3 Å². The van der Waals surface area contributed by atoms with E-state index in [0.717, 1.165) is 11.3 Å². The first-order chi connectivity index (χ1) is 9.24. The molecule has 19 heavy (non-hydrogen) atoms. The summed E-state index contributed by atoms with van der Waals surface area (Å²) >= 11 is 1.49. The molecule has 0 saturated heterocycles. The van der Waals surface area contributed by atoms with Gasteiger partial charge in [0.15, 0.2) is 0 Å². The molecule has 0 radical (unpaired) electrons. The summed E-state index contributed by atoms with van der Waals surface area (Å²) in [6.07, 6.45) is 1.62. The van der Waals surface area contributed by atoms with Crippen molar-refractivity contribution in [1.82, 2.24) is 5.32 Å². The Kier molecular flexibility index (Phi) is 5.03. The normalized spacial score (nSPS) is 10.4. The van der Waals surface area contributed by atoms with Crippen LogP contribution in [0.15, 0.2) is 47.1 Å². The van der Waals surface area contributed by atoms with Gasteiger partial charge in [-0.25, -0.2) is 4.39 Å². The van der Waals surface area contributed by atoms with Crippen LogP contribution in [0.4, 0.5) is 4.39 Å². The molecular formula is C14H14FNO2S. The molecule has 1 heterocycles. The van der Waals surface area contributed by atoms with Gasteiger partial charge < -0.3 is 9.73 Å². The number of hydrogen-bond acceptors (Lipinski definition) is 3. The second kappa shape index (κ2) is 6.99. The summed E-state index contributed by atoms with van der Waals surface area (Å²) in [5.41, 5.74) is 0.880. The summed E-state index contributed by atoms with van der Waals surface area (Å²) < 4.78 is 17.9. The molecule has 100 valence electrons. The van der Waals surface area contributed by atoms with Crippen LogP contribution in [0.5, 0.6) is 0 Å². The summed E-state index contributed by atoms with van der Waals surface area (Å²) in [6, 6.07) is 9.78. The molecule has 5 heteroatoms. The Hall–Kier alpha value is -1.75. The van der Waals surface area contributed by atoms with Crippen LogP contribution >= 0.6 is 11.8 Å². The minimum absolute atomic E-state index is 0.0409. The first-order valence-corrected chi connectivity index (χ1v) is 7.01. The Morgan fingerprint density at radius 3 is 2.74 bits per heavy atom. The van der Waals surface area contributed by atoms with Crippen molar-refractivity contribution in [3.05, 3.63) is 59.8 Å². The molecule has 1 aromatic carbocycles. The molecule has 1 aromatic heterocycles. The lowest BCUT2D eigenvalue weighted by molar-refractivity contribution is -0.118. The van der Waals surface area contributed by atoms with E-state index in [1.807, 2.05) is 12.1 Å². The largest absolute Gasteiger partial charge is 0.468 e. The molecule has 0 spiro atoms. The Balaban J connectivity index is 1.65. The van der Waals surface area contributed by atoms with Gasteiger partial charge in [0.05, 0.1) is 17.8 Å². The number of carbonyl (C=O) groups is 1. The first kappa shape index (κ1) is 13.7. The lowest BCUT2D eigenvalue weighted by Crippen LogP contribution is -2.24. The summed E-state index contributed by atoms with van der Waals surface area (Å²) in [4.78, 5) is 11.6. The van der Waals surface area contributed by atoms with E-state index in [1.54, 1.807) is 18.4 Å². The lowest BCUT2D eigenvalue weighted by atomic mass is 10.2. The van der Waals surface area contributed by atoms with Gasteiger partial charge in [0.1, 0.15) is 11.6 Å². The van der Waals surface area contributed by atoms with Crippen LogP contribution < -0.4 is 5.32 Å². The summed E-state index contributed by atoms with van der Waals surface area (Å²) in [5.74, 6) is 1.60. The minimum Gasteiger partial charge on any atom is -0.468 e. The molecule has 0 aliphatic rings. The van der Waals surface area contributed by atoms with E-state index in [9.17, 15) is 9.18 Å². The number of halogens is 1. The van der Waals surface area contributed by atoms with Gasteiger partial charge in [-0.05, 0) is 29.8 Å². The minimum atomic E-state index is -0.274. The molecule has 0 fully saturated rings. The zero-order chi connectivity index (χ0) is 13.5. The number of thioether (sulfide) groups is 1. The summed E-state index contributed by atoms with van der Waals surface area (Å²) in [5, 5.41) is 2.79. The molecule has 3 nitrogen and oxygen atoms in total. The number of furan rings is 1. The average molecular weight is 279 g/mol. The quantitative estimate of drug-likeness (QED) is 0.884. The maximum atomic E-state index is 12.7. The van der Waals surface area contributed by atoms with Crippen molar-refractivity contribution in [2.75, 3.05) is 5.75 Å². The smallest absolute Gasteiger partial charge is 0.230 e. The van der Waals surface area contributed by atoms with Crippen LogP contribution in [-0.4, -0.2) is 11.7 Å². The Morgan fingerprint density at radius 1 is 1.26 bits per heavy atom. The van der Waals surface area contributed by atoms with Gasteiger partial charge in [-0.3, -0.25) is 4.79 Å². The first-order valence-electron chi connectivity index (χ1n) is 5.85. The number of nitrogens with one attached hydrogen (secondary N) is 1. The van der Waals surface area contributed by atoms with Crippen molar-refractivity contribution in [1.29, 1.82) is 0 Å². The van der Waals surface area contributed by atoms with E-state index in [0.29, 0.717) is 18.1 Å². The van der Waals surface area contributed by atoms with Crippen LogP contribution in [-0.2, 0) is 17.1 Å². The van der Waals surface area contributed by atoms with Gasteiger partial charge in [0.25, 0.3) is 0 Å². The molecule has 2 aromatic rings. The van der Waals surface area contributed by atoms with E-state index in [4.69, 9.17) is 4.42 Å². The number of rotatable bonds is 6. The molecule has 2 rings (SSSR count). The zero-order valence-corrected chi connectivity index (χ0v) is 11.1. The standard InChI is InChI=1S/C14H14FNO2S/c15-12-5-3-11(4-6-12)8-16-14(17)10-19-9-13-2-1-7-18-13/h1-7H,8-10H2,(H,16,17). The highest BCUT2D eigenvalue weighted by Gasteiger charge is 2.03. The fraction of sp³-hybridized carbons (Fsp3) is 0.214. The van der Waals surface area contributed by atoms with Gasteiger partial charge in [0.2, 0.25) is 5.91 Å². The van der Waals surface area contributed by atoms with Gasteiger partial charge >= 0.3 is 0 Å². The van der Waals surface area contributed by atoms with E-state index >= 15 is 0 Å². The van der Waals surface area contributed by atoms with E-state index in [2.05, 4.69) is 5.32 Å². The SMILES string of the molecule is O=C(CSCc1ccco1)NCc1ccc(F)cc1. The Bertz CT molecular complexity index is 511. The molecule has 0 aliphatic carbocycles. The highest BCUT2D eigenvalue weighted by atomic mass is 32.2. The van der Waals surface area contributed by atoms with Crippen molar-refractivity contribution in [3.63, 3.8) is 0 Å². The fourth-order valence-electron chi connectivity index (χ4n) is 1.49. The van der Waals surface area contributed by atoms with E-state index in [-0.39, 0.29) is 11.7 Å². The topological polar surface area (TPSA) is 42.2 Å². The van der Waals surface area contributed by atoms with Crippen LogP contribution in [0.3, 0.4) is 0 Å². The highest BCUT2D eigenvalue weighted by Crippen LogP contribution is 2.12. The maximum absolute atomic E-state index is 12.7. The number of benzene rings is 1. The average Bonchev–Trinajstić information content (AvgIpc) is 2.91.